The summed E-state index contributed by atoms with van der Waals surface area (Å²) in [5, 5.41) is 14.4. The van der Waals surface area contributed by atoms with Gasteiger partial charge in [-0.05, 0) is 12.5 Å². The van der Waals surface area contributed by atoms with E-state index in [1.54, 1.807) is 17.4 Å². The number of nitrogens with zero attached hydrogens (tertiary/aromatic N) is 1. The Morgan fingerprint density at radius 2 is 2.16 bits per heavy atom. The first-order chi connectivity index (χ1) is 8.66. The highest BCUT2D eigenvalue weighted by Gasteiger charge is 2.17. The number of nitro groups is 1. The molecule has 1 aliphatic rings. The summed E-state index contributed by atoms with van der Waals surface area (Å²) in [4.78, 5) is 23.7. The molecule has 2 aromatic rings. The van der Waals surface area contributed by atoms with Crippen molar-refractivity contribution in [1.82, 2.24) is 5.32 Å². The highest BCUT2D eigenvalue weighted by molar-refractivity contribution is 7.18. The Kier molecular flexibility index (Phi) is 3.84. The molecule has 0 amide bonds. The number of nitro benzene ring substituents is 1. The average molecular weight is 299 g/mol. The Labute approximate surface area is 118 Å². The van der Waals surface area contributed by atoms with Crippen molar-refractivity contribution in [2.75, 3.05) is 6.54 Å². The maximum atomic E-state index is 12.3. The summed E-state index contributed by atoms with van der Waals surface area (Å²) in [5.41, 5.74) is 0.657. The number of hydrogen-bond acceptors (Lipinski definition) is 5. The molecule has 0 fully saturated rings. The van der Waals surface area contributed by atoms with Gasteiger partial charge in [-0.15, -0.1) is 23.7 Å². The number of fused-ring (bicyclic) bond motifs is 2. The van der Waals surface area contributed by atoms with Crippen LogP contribution in [-0.2, 0) is 13.0 Å². The average Bonchev–Trinajstić information content (AvgIpc) is 2.38. The monoisotopic (exact) mass is 298 g/mol. The molecule has 100 valence electrons. The van der Waals surface area contributed by atoms with Gasteiger partial charge in [0.05, 0.1) is 4.92 Å². The van der Waals surface area contributed by atoms with Gasteiger partial charge in [-0.25, -0.2) is 0 Å². The van der Waals surface area contributed by atoms with Gasteiger partial charge in [0.1, 0.15) is 0 Å². The lowest BCUT2D eigenvalue weighted by atomic mass is 10.1. The number of rotatable bonds is 1. The van der Waals surface area contributed by atoms with Crippen molar-refractivity contribution < 1.29 is 4.92 Å². The number of nitrogens with one attached hydrogen (secondary N) is 1. The van der Waals surface area contributed by atoms with Crippen molar-refractivity contribution >= 4 is 39.5 Å². The van der Waals surface area contributed by atoms with E-state index in [2.05, 4.69) is 5.32 Å². The van der Waals surface area contributed by atoms with Crippen LogP contribution in [0.2, 0.25) is 0 Å². The van der Waals surface area contributed by atoms with Crippen LogP contribution in [0.1, 0.15) is 10.4 Å². The number of benzene rings is 1. The standard InChI is InChI=1S/C12H10N2O3S.ClH/c15-12-8-5-7(14(16)17)1-2-10(8)18-11-3-4-13-6-9(11)12;/h1-2,5,13H,3-4,6H2;1H. The van der Waals surface area contributed by atoms with E-state index in [9.17, 15) is 14.9 Å². The molecule has 0 spiro atoms. The van der Waals surface area contributed by atoms with Crippen LogP contribution in [0.3, 0.4) is 0 Å². The molecule has 7 heteroatoms. The molecule has 0 saturated carbocycles. The van der Waals surface area contributed by atoms with Crippen molar-refractivity contribution in [3.8, 4) is 0 Å². The predicted molar refractivity (Wildman–Crippen MR) is 77.4 cm³/mol. The van der Waals surface area contributed by atoms with Crippen molar-refractivity contribution in [1.29, 1.82) is 0 Å². The second-order valence-corrected chi connectivity index (χ2v) is 5.33. The third-order valence-corrected chi connectivity index (χ3v) is 4.37. The largest absolute Gasteiger partial charge is 0.312 e. The lowest BCUT2D eigenvalue weighted by molar-refractivity contribution is -0.384. The van der Waals surface area contributed by atoms with Crippen molar-refractivity contribution in [3.63, 3.8) is 0 Å². The van der Waals surface area contributed by atoms with Gasteiger partial charge >= 0.3 is 0 Å². The van der Waals surface area contributed by atoms with Crippen LogP contribution < -0.4 is 10.7 Å². The molecule has 19 heavy (non-hydrogen) atoms. The molecule has 0 saturated heterocycles. The molecule has 0 aliphatic carbocycles. The fourth-order valence-corrected chi connectivity index (χ4v) is 3.33. The highest BCUT2D eigenvalue weighted by atomic mass is 35.5. The minimum Gasteiger partial charge on any atom is -0.312 e. The van der Waals surface area contributed by atoms with Crippen LogP contribution in [0.25, 0.3) is 10.1 Å². The Bertz CT molecular complexity index is 714. The molecule has 1 aromatic carbocycles. The zero-order valence-corrected chi connectivity index (χ0v) is 11.5. The summed E-state index contributed by atoms with van der Waals surface area (Å²) in [7, 11) is 0. The smallest absolute Gasteiger partial charge is 0.270 e. The van der Waals surface area contributed by atoms with Gasteiger partial charge < -0.3 is 5.32 Å². The van der Waals surface area contributed by atoms with Crippen LogP contribution in [0.4, 0.5) is 5.69 Å². The fourth-order valence-electron chi connectivity index (χ4n) is 2.18. The minimum atomic E-state index is -0.471. The summed E-state index contributed by atoms with van der Waals surface area (Å²) in [6.45, 7) is 1.44. The zero-order chi connectivity index (χ0) is 12.7. The Balaban J connectivity index is 0.00000133. The molecule has 1 aromatic heterocycles. The first-order valence-electron chi connectivity index (χ1n) is 5.60. The van der Waals surface area contributed by atoms with Crippen molar-refractivity contribution in [2.45, 2.75) is 13.0 Å². The lowest BCUT2D eigenvalue weighted by Gasteiger charge is -2.15. The molecule has 5 nitrogen and oxygen atoms in total. The fraction of sp³-hybridized carbons (Fsp3) is 0.250. The Hall–Kier alpha value is -1.50. The van der Waals surface area contributed by atoms with Crippen molar-refractivity contribution in [2.24, 2.45) is 0 Å². The SMILES string of the molecule is Cl.O=c1c2c(sc3ccc([N+](=O)[O-])cc13)CCNC2. The van der Waals surface area contributed by atoms with Gasteiger partial charge in [0, 0.05) is 45.7 Å². The van der Waals surface area contributed by atoms with Gasteiger partial charge in [-0.2, -0.15) is 0 Å². The molecule has 0 unspecified atom stereocenters. The van der Waals surface area contributed by atoms with E-state index in [-0.39, 0.29) is 23.5 Å². The first kappa shape index (κ1) is 13.9. The predicted octanol–water partition coefficient (Wildman–Crippen LogP) is 2.24. The molecule has 1 aliphatic heterocycles. The maximum absolute atomic E-state index is 12.3. The van der Waals surface area contributed by atoms with Gasteiger partial charge in [0.25, 0.3) is 5.69 Å². The molecule has 1 N–H and O–H groups in total. The van der Waals surface area contributed by atoms with Gasteiger partial charge in [0.15, 0.2) is 5.43 Å². The summed E-state index contributed by atoms with van der Waals surface area (Å²) >= 11 is 1.56. The van der Waals surface area contributed by atoms with Crippen LogP contribution in [0.5, 0.6) is 0 Å². The topological polar surface area (TPSA) is 72.2 Å². The van der Waals surface area contributed by atoms with Gasteiger partial charge in [-0.1, -0.05) is 0 Å². The van der Waals surface area contributed by atoms with E-state index in [4.69, 9.17) is 0 Å². The number of non-ortho nitro benzene ring substituents is 1. The van der Waals surface area contributed by atoms with Crippen LogP contribution in [0.15, 0.2) is 23.0 Å². The zero-order valence-electron chi connectivity index (χ0n) is 9.84. The third kappa shape index (κ3) is 2.34. The quantitative estimate of drug-likeness (QED) is 0.647. The lowest BCUT2D eigenvalue weighted by Crippen LogP contribution is -2.28. The maximum Gasteiger partial charge on any atom is 0.270 e. The van der Waals surface area contributed by atoms with E-state index in [0.29, 0.717) is 11.9 Å². The van der Waals surface area contributed by atoms with Gasteiger partial charge in [0.2, 0.25) is 0 Å². The van der Waals surface area contributed by atoms with Crippen molar-refractivity contribution in [3.05, 3.63) is 49.0 Å². The normalized spacial score (nSPS) is 13.7. The number of halogens is 1. The van der Waals surface area contributed by atoms with E-state index in [1.807, 2.05) is 0 Å². The Morgan fingerprint density at radius 3 is 2.89 bits per heavy atom. The second kappa shape index (κ2) is 5.24. The molecule has 0 radical (unpaired) electrons. The molecular weight excluding hydrogens is 288 g/mol. The summed E-state index contributed by atoms with van der Waals surface area (Å²) < 4.78 is 0.825. The third-order valence-electron chi connectivity index (χ3n) is 3.09. The second-order valence-electron chi connectivity index (χ2n) is 4.20. The van der Waals surface area contributed by atoms with Gasteiger partial charge in [-0.3, -0.25) is 14.9 Å². The van der Waals surface area contributed by atoms with Crippen LogP contribution >= 0.6 is 23.7 Å². The van der Waals surface area contributed by atoms with E-state index in [0.717, 1.165) is 28.1 Å². The first-order valence-corrected chi connectivity index (χ1v) is 6.42. The van der Waals surface area contributed by atoms with E-state index >= 15 is 0 Å². The minimum absolute atomic E-state index is 0. The van der Waals surface area contributed by atoms with E-state index < -0.39 is 4.92 Å². The molecular formula is C12H11ClN2O3S. The summed E-state index contributed by atoms with van der Waals surface area (Å²) in [6.07, 6.45) is 0.849. The molecule has 0 bridgehead atoms. The Morgan fingerprint density at radius 1 is 1.37 bits per heavy atom. The molecule has 0 atom stereocenters. The van der Waals surface area contributed by atoms with E-state index in [1.165, 1.54) is 12.1 Å². The highest BCUT2D eigenvalue weighted by Crippen LogP contribution is 2.26. The number of hydrogen-bond donors (Lipinski definition) is 1. The van der Waals surface area contributed by atoms with Crippen LogP contribution in [0, 0.1) is 10.1 Å². The molecule has 2 heterocycles. The summed E-state index contributed by atoms with van der Waals surface area (Å²) in [5.74, 6) is 0. The van der Waals surface area contributed by atoms with Crippen LogP contribution in [-0.4, -0.2) is 11.5 Å². The summed E-state index contributed by atoms with van der Waals surface area (Å²) in [6, 6.07) is 4.50. The molecule has 3 rings (SSSR count).